The molecule has 0 aliphatic heterocycles. The number of aromatic nitrogens is 1. The topological polar surface area (TPSA) is 94.9 Å². The van der Waals surface area contributed by atoms with Gasteiger partial charge in [0.1, 0.15) is 5.52 Å². The zero-order chi connectivity index (χ0) is 25.1. The lowest BCUT2D eigenvalue weighted by atomic mass is 10.1. The van der Waals surface area contributed by atoms with Crippen LogP contribution in [0.1, 0.15) is 21.5 Å². The van der Waals surface area contributed by atoms with Gasteiger partial charge in [-0.1, -0.05) is 0 Å². The second kappa shape index (κ2) is 10.0. The highest BCUT2D eigenvalue weighted by atomic mass is 32.1. The van der Waals surface area contributed by atoms with Crippen molar-refractivity contribution in [1.29, 1.82) is 0 Å². The molecule has 0 atom stereocenters. The van der Waals surface area contributed by atoms with Gasteiger partial charge in [0.05, 0.1) is 21.3 Å². The highest BCUT2D eigenvalue weighted by Crippen LogP contribution is 2.38. The first kappa shape index (κ1) is 24.0. The van der Waals surface area contributed by atoms with Crippen LogP contribution in [0.5, 0.6) is 17.2 Å². The van der Waals surface area contributed by atoms with E-state index in [9.17, 15) is 4.79 Å². The lowest BCUT2D eigenvalue weighted by molar-refractivity contribution is 0.0977. The fourth-order valence-corrected chi connectivity index (χ4v) is 3.76. The number of aryl methyl sites for hydroxylation is 2. The number of carbonyl (C=O) groups is 1. The smallest absolute Gasteiger partial charge is 0.257 e. The Labute approximate surface area is 208 Å². The van der Waals surface area contributed by atoms with Gasteiger partial charge in [0, 0.05) is 16.8 Å². The maximum Gasteiger partial charge on any atom is 0.257 e. The zero-order valence-electron chi connectivity index (χ0n) is 20.0. The maximum atomic E-state index is 12.7. The Bertz CT molecular complexity index is 1350. The molecule has 8 nitrogen and oxygen atoms in total. The van der Waals surface area contributed by atoms with E-state index in [0.717, 1.165) is 22.2 Å². The second-order valence-electron chi connectivity index (χ2n) is 7.82. The Hall–Kier alpha value is -4.11. The largest absolute Gasteiger partial charge is 0.493 e. The number of rotatable bonds is 6. The number of benzene rings is 3. The van der Waals surface area contributed by atoms with Crippen LogP contribution in [-0.2, 0) is 0 Å². The summed E-state index contributed by atoms with van der Waals surface area (Å²) in [6.07, 6.45) is 0. The molecule has 4 aromatic rings. The highest BCUT2D eigenvalue weighted by Gasteiger charge is 2.18. The van der Waals surface area contributed by atoms with E-state index in [-0.39, 0.29) is 5.11 Å². The number of amides is 1. The number of fused-ring (bicyclic) bond motifs is 1. The van der Waals surface area contributed by atoms with Gasteiger partial charge >= 0.3 is 0 Å². The van der Waals surface area contributed by atoms with Crippen LogP contribution in [0.2, 0.25) is 0 Å². The Kier molecular flexibility index (Phi) is 6.88. The molecule has 1 aromatic heterocycles. The molecule has 0 radical (unpaired) electrons. The minimum atomic E-state index is -0.421. The van der Waals surface area contributed by atoms with Crippen molar-refractivity contribution < 1.29 is 23.4 Å². The number of oxazole rings is 1. The van der Waals surface area contributed by atoms with Crippen molar-refractivity contribution in [1.82, 2.24) is 10.3 Å². The van der Waals surface area contributed by atoms with Gasteiger partial charge in [-0.3, -0.25) is 10.1 Å². The summed E-state index contributed by atoms with van der Waals surface area (Å²) >= 11 is 5.32. The molecule has 35 heavy (non-hydrogen) atoms. The van der Waals surface area contributed by atoms with E-state index in [1.54, 1.807) is 12.1 Å². The first-order valence-corrected chi connectivity index (χ1v) is 11.1. The summed E-state index contributed by atoms with van der Waals surface area (Å²) in [5, 5.41) is 5.80. The number of anilines is 1. The molecular formula is C26H25N3O5S. The summed E-state index contributed by atoms with van der Waals surface area (Å²) in [4.78, 5) is 17.3. The molecule has 0 saturated heterocycles. The Morgan fingerprint density at radius 3 is 2.14 bits per heavy atom. The second-order valence-corrected chi connectivity index (χ2v) is 8.23. The van der Waals surface area contributed by atoms with Gasteiger partial charge in [-0.15, -0.1) is 0 Å². The summed E-state index contributed by atoms with van der Waals surface area (Å²) in [6.45, 7) is 4.09. The van der Waals surface area contributed by atoms with E-state index in [2.05, 4.69) is 15.6 Å². The number of carbonyl (C=O) groups excluding carboxylic acids is 1. The number of hydrogen-bond acceptors (Lipinski definition) is 7. The van der Waals surface area contributed by atoms with Gasteiger partial charge in [0.25, 0.3) is 5.91 Å². The summed E-state index contributed by atoms with van der Waals surface area (Å²) in [7, 11) is 4.46. The number of nitrogens with one attached hydrogen (secondary N) is 2. The van der Waals surface area contributed by atoms with E-state index in [0.29, 0.717) is 34.4 Å². The summed E-state index contributed by atoms with van der Waals surface area (Å²) in [5.41, 5.74) is 5.73. The van der Waals surface area contributed by atoms with Gasteiger partial charge in [-0.25, -0.2) is 4.98 Å². The van der Waals surface area contributed by atoms with E-state index >= 15 is 0 Å². The minimum Gasteiger partial charge on any atom is -0.493 e. The van der Waals surface area contributed by atoms with Crippen LogP contribution in [0, 0.1) is 13.8 Å². The van der Waals surface area contributed by atoms with Gasteiger partial charge in [-0.05, 0) is 85.7 Å². The fourth-order valence-electron chi connectivity index (χ4n) is 3.55. The van der Waals surface area contributed by atoms with Gasteiger partial charge < -0.3 is 23.9 Å². The van der Waals surface area contributed by atoms with Crippen molar-refractivity contribution in [2.75, 3.05) is 26.6 Å². The van der Waals surface area contributed by atoms with Crippen LogP contribution in [-0.4, -0.2) is 37.3 Å². The lowest BCUT2D eigenvalue weighted by Crippen LogP contribution is -2.34. The van der Waals surface area contributed by atoms with Crippen LogP contribution < -0.4 is 24.8 Å². The molecule has 0 spiro atoms. The monoisotopic (exact) mass is 491 g/mol. The van der Waals surface area contributed by atoms with Crippen molar-refractivity contribution in [2.24, 2.45) is 0 Å². The van der Waals surface area contributed by atoms with Crippen LogP contribution in [0.15, 0.2) is 52.9 Å². The van der Waals surface area contributed by atoms with E-state index in [1.165, 1.54) is 26.9 Å². The molecule has 4 rings (SSSR count). The van der Waals surface area contributed by atoms with Crippen LogP contribution in [0.25, 0.3) is 22.6 Å². The SMILES string of the molecule is COc1cc(C(=O)NC(=S)Nc2ccc(-c3nc4cc(C)c(C)cc4o3)cc2)cc(OC)c1OC. The summed E-state index contributed by atoms with van der Waals surface area (Å²) in [5.74, 6) is 1.26. The first-order chi connectivity index (χ1) is 16.8. The Balaban J connectivity index is 1.45. The third-order valence-electron chi connectivity index (χ3n) is 5.55. The molecule has 0 bridgehead atoms. The molecule has 0 fully saturated rings. The third-order valence-corrected chi connectivity index (χ3v) is 5.75. The highest BCUT2D eigenvalue weighted by molar-refractivity contribution is 7.80. The molecular weight excluding hydrogens is 466 g/mol. The summed E-state index contributed by atoms with van der Waals surface area (Å²) in [6, 6.07) is 14.5. The first-order valence-electron chi connectivity index (χ1n) is 10.7. The minimum absolute atomic E-state index is 0.143. The molecule has 0 unspecified atom stereocenters. The van der Waals surface area contributed by atoms with Crippen LogP contribution in [0.3, 0.4) is 0 Å². The normalized spacial score (nSPS) is 10.7. The average Bonchev–Trinajstić information content (AvgIpc) is 3.26. The van der Waals surface area contributed by atoms with Gasteiger partial charge in [-0.2, -0.15) is 0 Å². The van der Waals surface area contributed by atoms with E-state index in [4.69, 9.17) is 30.8 Å². The number of ether oxygens (including phenoxy) is 3. The molecule has 0 saturated carbocycles. The molecule has 3 aromatic carbocycles. The molecule has 9 heteroatoms. The van der Waals surface area contributed by atoms with Crippen molar-refractivity contribution in [3.05, 3.63) is 65.2 Å². The van der Waals surface area contributed by atoms with Crippen molar-refractivity contribution in [3.8, 4) is 28.7 Å². The molecule has 1 amide bonds. The number of methoxy groups -OCH3 is 3. The van der Waals surface area contributed by atoms with Crippen molar-refractivity contribution >= 4 is 40.0 Å². The molecule has 180 valence electrons. The molecule has 0 aliphatic rings. The van der Waals surface area contributed by atoms with Crippen LogP contribution in [0.4, 0.5) is 5.69 Å². The van der Waals surface area contributed by atoms with E-state index < -0.39 is 5.91 Å². The number of thiocarbonyl (C=S) groups is 1. The van der Waals surface area contributed by atoms with E-state index in [1.807, 2.05) is 50.2 Å². The average molecular weight is 492 g/mol. The maximum absolute atomic E-state index is 12.7. The molecule has 2 N–H and O–H groups in total. The zero-order valence-corrected chi connectivity index (χ0v) is 20.8. The Morgan fingerprint density at radius 1 is 0.914 bits per heavy atom. The predicted octanol–water partition coefficient (Wildman–Crippen LogP) is 5.26. The number of nitrogens with zero attached hydrogens (tertiary/aromatic N) is 1. The fraction of sp³-hybridized carbons (Fsp3) is 0.192. The third kappa shape index (κ3) is 5.04. The van der Waals surface area contributed by atoms with Crippen molar-refractivity contribution in [2.45, 2.75) is 13.8 Å². The predicted molar refractivity (Wildman–Crippen MR) is 139 cm³/mol. The molecule has 1 heterocycles. The van der Waals surface area contributed by atoms with Crippen LogP contribution >= 0.6 is 12.2 Å². The summed E-state index contributed by atoms with van der Waals surface area (Å²) < 4.78 is 21.8. The van der Waals surface area contributed by atoms with Gasteiger partial charge in [0.2, 0.25) is 11.6 Å². The lowest BCUT2D eigenvalue weighted by Gasteiger charge is -2.14. The quantitative estimate of drug-likeness (QED) is 0.353. The molecule has 0 aliphatic carbocycles. The number of hydrogen-bond donors (Lipinski definition) is 2. The van der Waals surface area contributed by atoms with Crippen molar-refractivity contribution in [3.63, 3.8) is 0 Å². The Morgan fingerprint density at radius 2 is 1.54 bits per heavy atom. The standard InChI is InChI=1S/C26H25N3O5S/c1-14-10-19-20(11-15(14)2)34-25(28-19)16-6-8-18(9-7-16)27-26(35)29-24(30)17-12-21(31-3)23(33-5)22(13-17)32-4/h6-13H,1-5H3,(H2,27,29,30,35). The van der Waals surface area contributed by atoms with Gasteiger partial charge in [0.15, 0.2) is 22.2 Å².